The first-order valence-electron chi connectivity index (χ1n) is 5.93. The standard InChI is InChI=1S/C15H14ClNO2S/c1-9-3-5-13(14(7-9)18-2)19-12-6-4-10(16)8-11(12)15(17)20/h3-8H,1-2H3,(H2,17,20). The minimum atomic E-state index is 0.230. The summed E-state index contributed by atoms with van der Waals surface area (Å²) in [5.74, 6) is 1.79. The number of benzene rings is 2. The van der Waals surface area contributed by atoms with Crippen molar-refractivity contribution in [2.24, 2.45) is 5.73 Å². The molecule has 2 aromatic carbocycles. The van der Waals surface area contributed by atoms with Gasteiger partial charge in [-0.05, 0) is 42.8 Å². The van der Waals surface area contributed by atoms with Crippen LogP contribution < -0.4 is 15.2 Å². The van der Waals surface area contributed by atoms with E-state index in [0.29, 0.717) is 27.8 Å². The average molecular weight is 308 g/mol. The lowest BCUT2D eigenvalue weighted by molar-refractivity contribution is 0.378. The third kappa shape index (κ3) is 3.21. The van der Waals surface area contributed by atoms with Crippen molar-refractivity contribution in [2.45, 2.75) is 6.92 Å². The van der Waals surface area contributed by atoms with Crippen LogP contribution >= 0.6 is 23.8 Å². The molecular formula is C15H14ClNO2S. The van der Waals surface area contributed by atoms with Crippen LogP contribution in [0.4, 0.5) is 0 Å². The van der Waals surface area contributed by atoms with Crippen LogP contribution in [0.25, 0.3) is 0 Å². The van der Waals surface area contributed by atoms with Gasteiger partial charge in [0.15, 0.2) is 11.5 Å². The fraction of sp³-hybridized carbons (Fsp3) is 0.133. The van der Waals surface area contributed by atoms with Crippen molar-refractivity contribution in [3.05, 3.63) is 52.5 Å². The highest BCUT2D eigenvalue weighted by Crippen LogP contribution is 2.34. The molecule has 104 valence electrons. The molecule has 0 aromatic heterocycles. The van der Waals surface area contributed by atoms with Crippen LogP contribution in [0.3, 0.4) is 0 Å². The van der Waals surface area contributed by atoms with Gasteiger partial charge in [-0.2, -0.15) is 0 Å². The number of hydrogen-bond acceptors (Lipinski definition) is 3. The monoisotopic (exact) mass is 307 g/mol. The van der Waals surface area contributed by atoms with E-state index in [-0.39, 0.29) is 4.99 Å². The van der Waals surface area contributed by atoms with Gasteiger partial charge in [0, 0.05) is 5.02 Å². The van der Waals surface area contributed by atoms with Crippen molar-refractivity contribution in [3.8, 4) is 17.2 Å². The molecule has 5 heteroatoms. The highest BCUT2D eigenvalue weighted by molar-refractivity contribution is 7.80. The summed E-state index contributed by atoms with van der Waals surface area (Å²) in [6, 6.07) is 10.8. The minimum Gasteiger partial charge on any atom is -0.493 e. The molecule has 3 nitrogen and oxygen atoms in total. The number of methoxy groups -OCH3 is 1. The Bertz CT molecular complexity index is 658. The smallest absolute Gasteiger partial charge is 0.169 e. The Kier molecular flexibility index (Phi) is 4.47. The fourth-order valence-electron chi connectivity index (χ4n) is 1.76. The average Bonchev–Trinajstić information content (AvgIpc) is 2.42. The van der Waals surface area contributed by atoms with Crippen molar-refractivity contribution in [1.82, 2.24) is 0 Å². The second-order valence-corrected chi connectivity index (χ2v) is 5.14. The van der Waals surface area contributed by atoms with Crippen molar-refractivity contribution in [3.63, 3.8) is 0 Å². The number of nitrogens with two attached hydrogens (primary N) is 1. The molecule has 0 unspecified atom stereocenters. The molecule has 0 aliphatic carbocycles. The zero-order valence-electron chi connectivity index (χ0n) is 11.1. The van der Waals surface area contributed by atoms with Crippen molar-refractivity contribution < 1.29 is 9.47 Å². The Morgan fingerprint density at radius 1 is 1.10 bits per heavy atom. The van der Waals surface area contributed by atoms with Gasteiger partial charge in [-0.1, -0.05) is 29.9 Å². The molecule has 2 aromatic rings. The molecule has 0 spiro atoms. The Balaban J connectivity index is 2.42. The first-order valence-corrected chi connectivity index (χ1v) is 6.71. The van der Waals surface area contributed by atoms with E-state index in [1.165, 1.54) is 0 Å². The molecule has 20 heavy (non-hydrogen) atoms. The molecule has 0 radical (unpaired) electrons. The summed E-state index contributed by atoms with van der Waals surface area (Å²) in [4.78, 5) is 0.230. The van der Waals surface area contributed by atoms with E-state index in [1.54, 1.807) is 25.3 Å². The van der Waals surface area contributed by atoms with Gasteiger partial charge >= 0.3 is 0 Å². The number of thiocarbonyl (C=S) groups is 1. The quantitative estimate of drug-likeness (QED) is 0.864. The minimum absolute atomic E-state index is 0.230. The summed E-state index contributed by atoms with van der Waals surface area (Å²) in [5, 5.41) is 0.552. The molecule has 0 saturated heterocycles. The van der Waals surface area contributed by atoms with E-state index in [4.69, 9.17) is 39.0 Å². The highest BCUT2D eigenvalue weighted by Gasteiger charge is 2.11. The summed E-state index contributed by atoms with van der Waals surface area (Å²) in [6.45, 7) is 1.98. The number of aryl methyl sites for hydroxylation is 1. The van der Waals surface area contributed by atoms with Crippen LogP contribution in [-0.2, 0) is 0 Å². The Hall–Kier alpha value is -1.78. The molecular weight excluding hydrogens is 294 g/mol. The topological polar surface area (TPSA) is 44.5 Å². The SMILES string of the molecule is COc1cc(C)ccc1Oc1ccc(Cl)cc1C(N)=S. The maximum Gasteiger partial charge on any atom is 0.169 e. The second-order valence-electron chi connectivity index (χ2n) is 4.26. The summed E-state index contributed by atoms with van der Waals surface area (Å²) in [5.41, 5.74) is 7.37. The Morgan fingerprint density at radius 2 is 1.80 bits per heavy atom. The first kappa shape index (κ1) is 14.6. The van der Waals surface area contributed by atoms with Crippen LogP contribution in [0.15, 0.2) is 36.4 Å². The van der Waals surface area contributed by atoms with Crippen molar-refractivity contribution in [1.29, 1.82) is 0 Å². The van der Waals surface area contributed by atoms with Gasteiger partial charge in [0.25, 0.3) is 0 Å². The molecule has 0 bridgehead atoms. The number of hydrogen-bond donors (Lipinski definition) is 1. The van der Waals surface area contributed by atoms with Crippen LogP contribution in [0.5, 0.6) is 17.2 Å². The number of halogens is 1. The van der Waals surface area contributed by atoms with E-state index in [9.17, 15) is 0 Å². The Labute approximate surface area is 128 Å². The molecule has 0 heterocycles. The molecule has 0 aliphatic rings. The third-order valence-electron chi connectivity index (χ3n) is 2.75. The van der Waals surface area contributed by atoms with E-state index in [2.05, 4.69) is 0 Å². The van der Waals surface area contributed by atoms with Gasteiger partial charge in [0.1, 0.15) is 10.7 Å². The van der Waals surface area contributed by atoms with Gasteiger partial charge in [0.2, 0.25) is 0 Å². The Morgan fingerprint density at radius 3 is 2.45 bits per heavy atom. The largest absolute Gasteiger partial charge is 0.493 e. The molecule has 0 fully saturated rings. The lowest BCUT2D eigenvalue weighted by Gasteiger charge is -2.13. The maximum atomic E-state index is 5.95. The third-order valence-corrected chi connectivity index (χ3v) is 3.20. The van der Waals surface area contributed by atoms with E-state index in [0.717, 1.165) is 5.56 Å². The molecule has 2 rings (SSSR count). The van der Waals surface area contributed by atoms with Crippen LogP contribution in [0.2, 0.25) is 5.02 Å². The molecule has 0 saturated carbocycles. The predicted molar refractivity (Wildman–Crippen MR) is 85.1 cm³/mol. The predicted octanol–water partition coefficient (Wildman–Crippen LogP) is 4.08. The molecule has 2 N–H and O–H groups in total. The van der Waals surface area contributed by atoms with Gasteiger partial charge in [-0.25, -0.2) is 0 Å². The molecule has 0 amide bonds. The highest BCUT2D eigenvalue weighted by atomic mass is 35.5. The fourth-order valence-corrected chi connectivity index (χ4v) is 2.09. The van der Waals surface area contributed by atoms with Gasteiger partial charge < -0.3 is 15.2 Å². The van der Waals surface area contributed by atoms with E-state index in [1.807, 2.05) is 25.1 Å². The van der Waals surface area contributed by atoms with Gasteiger partial charge in [-0.15, -0.1) is 0 Å². The summed E-state index contributed by atoms with van der Waals surface area (Å²) in [6.07, 6.45) is 0. The van der Waals surface area contributed by atoms with E-state index < -0.39 is 0 Å². The van der Waals surface area contributed by atoms with Crippen LogP contribution in [-0.4, -0.2) is 12.1 Å². The van der Waals surface area contributed by atoms with Crippen molar-refractivity contribution in [2.75, 3.05) is 7.11 Å². The zero-order valence-corrected chi connectivity index (χ0v) is 12.7. The zero-order chi connectivity index (χ0) is 14.7. The summed E-state index contributed by atoms with van der Waals surface area (Å²) < 4.78 is 11.2. The number of ether oxygens (including phenoxy) is 2. The van der Waals surface area contributed by atoms with Gasteiger partial charge in [0.05, 0.1) is 12.7 Å². The maximum absolute atomic E-state index is 5.95. The van der Waals surface area contributed by atoms with E-state index >= 15 is 0 Å². The van der Waals surface area contributed by atoms with Crippen LogP contribution in [0.1, 0.15) is 11.1 Å². The summed E-state index contributed by atoms with van der Waals surface area (Å²) >= 11 is 11.0. The first-order chi connectivity index (χ1) is 9.51. The normalized spacial score (nSPS) is 10.2. The summed E-state index contributed by atoms with van der Waals surface area (Å²) in [7, 11) is 1.60. The van der Waals surface area contributed by atoms with Crippen molar-refractivity contribution >= 4 is 28.8 Å². The van der Waals surface area contributed by atoms with Crippen LogP contribution in [0, 0.1) is 6.92 Å². The van der Waals surface area contributed by atoms with Gasteiger partial charge in [-0.3, -0.25) is 0 Å². The number of rotatable bonds is 4. The molecule has 0 atom stereocenters. The molecule has 0 aliphatic heterocycles. The lowest BCUT2D eigenvalue weighted by Crippen LogP contribution is -2.10. The lowest BCUT2D eigenvalue weighted by atomic mass is 10.2. The second kappa shape index (κ2) is 6.11.